The number of nitrogens with zero attached hydrogens (tertiary/aromatic N) is 1. The predicted octanol–water partition coefficient (Wildman–Crippen LogP) is 1.75. The van der Waals surface area contributed by atoms with Gasteiger partial charge < -0.3 is 10.0 Å². The van der Waals surface area contributed by atoms with Gasteiger partial charge in [-0.3, -0.25) is 9.59 Å². The standard InChI is InChI=1S/C11H16F3NO3/c1-6-3-8(10(17)18)5-15(4-6)9(16)7(2)11(12,13)14/h6-8H,3-5H2,1-2H3,(H,17,18). The summed E-state index contributed by atoms with van der Waals surface area (Å²) < 4.78 is 37.3. The molecule has 1 saturated heterocycles. The van der Waals surface area contributed by atoms with Crippen LogP contribution in [0.4, 0.5) is 13.2 Å². The second-order valence-electron chi connectivity index (χ2n) is 4.88. The second kappa shape index (κ2) is 5.16. The minimum absolute atomic E-state index is 0.107. The monoisotopic (exact) mass is 267 g/mol. The van der Waals surface area contributed by atoms with E-state index >= 15 is 0 Å². The fraction of sp³-hybridized carbons (Fsp3) is 0.818. The van der Waals surface area contributed by atoms with Crippen LogP contribution in [0.1, 0.15) is 20.3 Å². The summed E-state index contributed by atoms with van der Waals surface area (Å²) in [4.78, 5) is 23.6. The average Bonchev–Trinajstić information content (AvgIpc) is 2.24. The fourth-order valence-corrected chi connectivity index (χ4v) is 2.12. The lowest BCUT2D eigenvalue weighted by molar-refractivity contribution is -0.187. The summed E-state index contributed by atoms with van der Waals surface area (Å²) in [7, 11) is 0. The Kier molecular flexibility index (Phi) is 4.24. The highest BCUT2D eigenvalue weighted by molar-refractivity contribution is 5.80. The number of carboxylic acid groups (broad SMARTS) is 1. The molecule has 1 heterocycles. The molecule has 0 spiro atoms. The highest BCUT2D eigenvalue weighted by atomic mass is 19.4. The summed E-state index contributed by atoms with van der Waals surface area (Å²) in [6, 6.07) is 0. The van der Waals surface area contributed by atoms with Gasteiger partial charge in [-0.05, 0) is 19.3 Å². The van der Waals surface area contributed by atoms with Gasteiger partial charge in [-0.2, -0.15) is 13.2 Å². The molecule has 18 heavy (non-hydrogen) atoms. The Bertz CT molecular complexity index is 343. The van der Waals surface area contributed by atoms with Crippen LogP contribution in [0.3, 0.4) is 0 Å². The van der Waals surface area contributed by atoms with Crippen LogP contribution < -0.4 is 0 Å². The van der Waals surface area contributed by atoms with Gasteiger partial charge in [0.05, 0.1) is 5.92 Å². The number of likely N-dealkylation sites (tertiary alicyclic amines) is 1. The Morgan fingerprint density at radius 2 is 1.89 bits per heavy atom. The van der Waals surface area contributed by atoms with Gasteiger partial charge in [-0.15, -0.1) is 0 Å². The maximum Gasteiger partial charge on any atom is 0.400 e. The molecule has 3 unspecified atom stereocenters. The molecule has 0 aliphatic carbocycles. The lowest BCUT2D eigenvalue weighted by atomic mass is 9.90. The van der Waals surface area contributed by atoms with Gasteiger partial charge in [0, 0.05) is 13.1 Å². The largest absolute Gasteiger partial charge is 0.481 e. The van der Waals surface area contributed by atoms with Crippen LogP contribution in [-0.2, 0) is 9.59 Å². The number of halogens is 3. The van der Waals surface area contributed by atoms with Crippen molar-refractivity contribution in [2.45, 2.75) is 26.4 Å². The number of aliphatic carboxylic acids is 1. The average molecular weight is 267 g/mol. The number of carboxylic acids is 1. The van der Waals surface area contributed by atoms with Crippen molar-refractivity contribution in [3.63, 3.8) is 0 Å². The maximum atomic E-state index is 12.4. The van der Waals surface area contributed by atoms with Gasteiger partial charge in [-0.1, -0.05) is 6.92 Å². The van der Waals surface area contributed by atoms with Gasteiger partial charge in [0.25, 0.3) is 0 Å². The zero-order valence-corrected chi connectivity index (χ0v) is 10.2. The number of amides is 1. The molecule has 0 aromatic carbocycles. The van der Waals surface area contributed by atoms with Crippen LogP contribution in [0, 0.1) is 17.8 Å². The van der Waals surface area contributed by atoms with Gasteiger partial charge in [0.1, 0.15) is 5.92 Å². The van der Waals surface area contributed by atoms with Crippen molar-refractivity contribution in [2.75, 3.05) is 13.1 Å². The molecule has 0 bridgehead atoms. The van der Waals surface area contributed by atoms with Crippen molar-refractivity contribution < 1.29 is 27.9 Å². The first kappa shape index (κ1) is 14.8. The SMILES string of the molecule is CC1CC(C(=O)O)CN(C(=O)C(C)C(F)(F)F)C1. The minimum atomic E-state index is -4.59. The van der Waals surface area contributed by atoms with Crippen molar-refractivity contribution in [3.8, 4) is 0 Å². The molecule has 1 aliphatic rings. The molecule has 1 N–H and O–H groups in total. The maximum absolute atomic E-state index is 12.4. The van der Waals surface area contributed by atoms with Crippen LogP contribution in [0.5, 0.6) is 0 Å². The third-order valence-corrected chi connectivity index (χ3v) is 3.18. The molecule has 1 rings (SSSR count). The highest BCUT2D eigenvalue weighted by Gasteiger charge is 2.44. The fourth-order valence-electron chi connectivity index (χ4n) is 2.12. The zero-order chi connectivity index (χ0) is 14.1. The molecule has 3 atom stereocenters. The molecule has 7 heteroatoms. The molecular formula is C11H16F3NO3. The van der Waals surface area contributed by atoms with E-state index in [0.29, 0.717) is 6.42 Å². The van der Waals surface area contributed by atoms with Crippen molar-refractivity contribution in [1.29, 1.82) is 0 Å². The molecule has 4 nitrogen and oxygen atoms in total. The summed E-state index contributed by atoms with van der Waals surface area (Å²) in [5.74, 6) is -5.08. The summed E-state index contributed by atoms with van der Waals surface area (Å²) in [6.07, 6.45) is -4.20. The molecule has 0 aromatic heterocycles. The van der Waals surface area contributed by atoms with Crippen molar-refractivity contribution in [1.82, 2.24) is 4.90 Å². The van der Waals surface area contributed by atoms with E-state index in [1.807, 2.05) is 0 Å². The van der Waals surface area contributed by atoms with E-state index in [-0.39, 0.29) is 19.0 Å². The van der Waals surface area contributed by atoms with Gasteiger partial charge in [0.2, 0.25) is 5.91 Å². The zero-order valence-electron chi connectivity index (χ0n) is 10.2. The van der Waals surface area contributed by atoms with Crippen molar-refractivity contribution in [3.05, 3.63) is 0 Å². The van der Waals surface area contributed by atoms with Crippen molar-refractivity contribution in [2.24, 2.45) is 17.8 Å². The van der Waals surface area contributed by atoms with Gasteiger partial charge >= 0.3 is 12.1 Å². The number of hydrogen-bond acceptors (Lipinski definition) is 2. The third kappa shape index (κ3) is 3.36. The molecular weight excluding hydrogens is 251 g/mol. The number of piperidine rings is 1. The lowest BCUT2D eigenvalue weighted by Crippen LogP contribution is -2.49. The predicted molar refractivity (Wildman–Crippen MR) is 56.7 cm³/mol. The van der Waals surface area contributed by atoms with E-state index in [1.165, 1.54) is 0 Å². The Morgan fingerprint density at radius 1 is 1.33 bits per heavy atom. The highest BCUT2D eigenvalue weighted by Crippen LogP contribution is 2.30. The summed E-state index contributed by atoms with van der Waals surface area (Å²) in [6.45, 7) is 2.58. The number of carbonyl (C=O) groups excluding carboxylic acids is 1. The van der Waals surface area contributed by atoms with Gasteiger partial charge in [-0.25, -0.2) is 0 Å². The van der Waals surface area contributed by atoms with E-state index in [4.69, 9.17) is 5.11 Å². The molecule has 1 amide bonds. The lowest BCUT2D eigenvalue weighted by Gasteiger charge is -2.36. The Hall–Kier alpha value is -1.27. The molecule has 0 radical (unpaired) electrons. The number of alkyl halides is 3. The third-order valence-electron chi connectivity index (χ3n) is 3.18. The minimum Gasteiger partial charge on any atom is -0.481 e. The molecule has 104 valence electrons. The molecule has 0 saturated carbocycles. The molecule has 0 aromatic rings. The summed E-state index contributed by atoms with van der Waals surface area (Å²) in [5, 5.41) is 8.89. The van der Waals surface area contributed by atoms with Crippen LogP contribution in [-0.4, -0.2) is 41.1 Å². The van der Waals surface area contributed by atoms with E-state index in [9.17, 15) is 22.8 Å². The van der Waals surface area contributed by atoms with E-state index in [1.54, 1.807) is 6.92 Å². The van der Waals surface area contributed by atoms with Crippen LogP contribution >= 0.6 is 0 Å². The van der Waals surface area contributed by atoms with Crippen LogP contribution in [0.2, 0.25) is 0 Å². The Labute approximate surface area is 103 Å². The first-order valence-electron chi connectivity index (χ1n) is 5.71. The van der Waals surface area contributed by atoms with E-state index in [2.05, 4.69) is 0 Å². The Morgan fingerprint density at radius 3 is 2.33 bits per heavy atom. The normalized spacial score (nSPS) is 26.8. The molecule has 1 fully saturated rings. The number of carbonyl (C=O) groups is 2. The topological polar surface area (TPSA) is 57.6 Å². The number of hydrogen-bond donors (Lipinski definition) is 1. The number of rotatable bonds is 2. The quantitative estimate of drug-likeness (QED) is 0.829. The van der Waals surface area contributed by atoms with E-state index in [0.717, 1.165) is 11.8 Å². The summed E-state index contributed by atoms with van der Waals surface area (Å²) in [5.41, 5.74) is 0. The smallest absolute Gasteiger partial charge is 0.400 e. The first-order valence-corrected chi connectivity index (χ1v) is 5.71. The van der Waals surface area contributed by atoms with Crippen LogP contribution in [0.25, 0.3) is 0 Å². The van der Waals surface area contributed by atoms with Crippen molar-refractivity contribution >= 4 is 11.9 Å². The second-order valence-corrected chi connectivity index (χ2v) is 4.88. The van der Waals surface area contributed by atoms with E-state index < -0.39 is 29.9 Å². The van der Waals surface area contributed by atoms with Gasteiger partial charge in [0.15, 0.2) is 0 Å². The Balaban J connectivity index is 2.76. The summed E-state index contributed by atoms with van der Waals surface area (Å²) >= 11 is 0. The van der Waals surface area contributed by atoms with Crippen LogP contribution in [0.15, 0.2) is 0 Å². The molecule has 1 aliphatic heterocycles. The first-order chi connectivity index (χ1) is 8.12.